The van der Waals surface area contributed by atoms with E-state index in [1.807, 2.05) is 24.3 Å². The number of hydroxylamine groups is 1. The quantitative estimate of drug-likeness (QED) is 0.480. The molecule has 5 heteroatoms. The summed E-state index contributed by atoms with van der Waals surface area (Å²) in [5.74, 6) is 0.0572. The molecular formula is C9H9N3O2. The van der Waals surface area contributed by atoms with Gasteiger partial charge in [0, 0.05) is 0 Å². The highest BCUT2D eigenvalue weighted by Crippen LogP contribution is 2.10. The molecule has 0 unspecified atom stereocenters. The molecule has 1 heterocycles. The van der Waals surface area contributed by atoms with E-state index in [1.54, 1.807) is 5.48 Å². The zero-order chi connectivity index (χ0) is 9.97. The minimum atomic E-state index is -0.482. The maximum Gasteiger partial charge on any atom is 0.250 e. The van der Waals surface area contributed by atoms with Crippen molar-refractivity contribution in [3.8, 4) is 0 Å². The standard InChI is InChI=1S/C9H9N3O2/c13-9(12-14)5-8-10-6-3-1-2-4-7(6)11-8/h1-4,14H,5H2,(H,10,11)(H,12,13). The molecule has 3 N–H and O–H groups in total. The lowest BCUT2D eigenvalue weighted by Crippen LogP contribution is -2.21. The number of benzene rings is 1. The van der Waals surface area contributed by atoms with Crippen molar-refractivity contribution in [2.24, 2.45) is 0 Å². The van der Waals surface area contributed by atoms with E-state index in [-0.39, 0.29) is 6.42 Å². The van der Waals surface area contributed by atoms with Gasteiger partial charge in [-0.25, -0.2) is 10.5 Å². The zero-order valence-corrected chi connectivity index (χ0v) is 7.32. The van der Waals surface area contributed by atoms with Crippen LogP contribution in [-0.2, 0) is 11.2 Å². The molecule has 14 heavy (non-hydrogen) atoms. The molecule has 72 valence electrons. The first-order valence-electron chi connectivity index (χ1n) is 4.16. The third kappa shape index (κ3) is 1.57. The number of aromatic nitrogens is 2. The number of aromatic amines is 1. The van der Waals surface area contributed by atoms with E-state index in [9.17, 15) is 4.79 Å². The van der Waals surface area contributed by atoms with Crippen molar-refractivity contribution in [1.29, 1.82) is 0 Å². The Labute approximate surface area is 79.7 Å². The number of fused-ring (bicyclic) bond motifs is 1. The van der Waals surface area contributed by atoms with Crippen molar-refractivity contribution in [2.75, 3.05) is 0 Å². The summed E-state index contributed by atoms with van der Waals surface area (Å²) in [4.78, 5) is 18.0. The molecule has 5 nitrogen and oxygen atoms in total. The predicted molar refractivity (Wildman–Crippen MR) is 49.7 cm³/mol. The number of imidazole rings is 1. The number of nitrogens with zero attached hydrogens (tertiary/aromatic N) is 1. The Morgan fingerprint density at radius 3 is 3.00 bits per heavy atom. The van der Waals surface area contributed by atoms with E-state index in [2.05, 4.69) is 9.97 Å². The molecule has 0 aliphatic rings. The summed E-state index contributed by atoms with van der Waals surface area (Å²) < 4.78 is 0. The first kappa shape index (κ1) is 8.71. The van der Waals surface area contributed by atoms with Gasteiger partial charge in [-0.1, -0.05) is 12.1 Å². The summed E-state index contributed by atoms with van der Waals surface area (Å²) >= 11 is 0. The van der Waals surface area contributed by atoms with Crippen LogP contribution in [0, 0.1) is 0 Å². The van der Waals surface area contributed by atoms with E-state index in [0.29, 0.717) is 5.82 Å². The second-order valence-electron chi connectivity index (χ2n) is 2.91. The van der Waals surface area contributed by atoms with Crippen molar-refractivity contribution in [3.05, 3.63) is 30.1 Å². The second kappa shape index (κ2) is 3.47. The van der Waals surface area contributed by atoms with Crippen molar-refractivity contribution < 1.29 is 10.0 Å². The number of hydrogen-bond acceptors (Lipinski definition) is 3. The smallest absolute Gasteiger partial charge is 0.250 e. The van der Waals surface area contributed by atoms with E-state index < -0.39 is 5.91 Å². The van der Waals surface area contributed by atoms with Crippen LogP contribution in [0.2, 0.25) is 0 Å². The number of nitrogens with one attached hydrogen (secondary N) is 2. The zero-order valence-electron chi connectivity index (χ0n) is 7.32. The molecule has 0 aliphatic heterocycles. The Balaban J connectivity index is 2.31. The van der Waals surface area contributed by atoms with Crippen LogP contribution in [0.15, 0.2) is 24.3 Å². The molecule has 0 aliphatic carbocycles. The molecule has 0 atom stereocenters. The van der Waals surface area contributed by atoms with Gasteiger partial charge < -0.3 is 4.98 Å². The summed E-state index contributed by atoms with van der Waals surface area (Å²) in [7, 11) is 0. The molecule has 0 bridgehead atoms. The average molecular weight is 191 g/mol. The van der Waals surface area contributed by atoms with Crippen molar-refractivity contribution in [3.63, 3.8) is 0 Å². The van der Waals surface area contributed by atoms with E-state index in [1.165, 1.54) is 0 Å². The summed E-state index contributed by atoms with van der Waals surface area (Å²) in [6, 6.07) is 7.49. The summed E-state index contributed by atoms with van der Waals surface area (Å²) in [5.41, 5.74) is 3.25. The number of carbonyl (C=O) groups excluding carboxylic acids is 1. The van der Waals surface area contributed by atoms with Crippen LogP contribution in [0.1, 0.15) is 5.82 Å². The fraction of sp³-hybridized carbons (Fsp3) is 0.111. The number of amides is 1. The lowest BCUT2D eigenvalue weighted by Gasteiger charge is -1.92. The molecule has 0 saturated carbocycles. The van der Waals surface area contributed by atoms with Crippen LogP contribution in [0.25, 0.3) is 11.0 Å². The monoisotopic (exact) mass is 191 g/mol. The van der Waals surface area contributed by atoms with Gasteiger partial charge in [0.05, 0.1) is 17.5 Å². The lowest BCUT2D eigenvalue weighted by molar-refractivity contribution is -0.128. The average Bonchev–Trinajstić information content (AvgIpc) is 2.59. The minimum Gasteiger partial charge on any atom is -0.342 e. The number of carbonyl (C=O) groups is 1. The Bertz CT molecular complexity index is 431. The summed E-state index contributed by atoms with van der Waals surface area (Å²) in [6.07, 6.45) is 0.0468. The molecule has 2 aromatic rings. The lowest BCUT2D eigenvalue weighted by atomic mass is 10.3. The highest BCUT2D eigenvalue weighted by molar-refractivity contribution is 5.79. The predicted octanol–water partition coefficient (Wildman–Crippen LogP) is 0.611. The molecule has 1 aromatic carbocycles. The maximum absolute atomic E-state index is 10.8. The van der Waals surface area contributed by atoms with Gasteiger partial charge in [-0.05, 0) is 12.1 Å². The first-order chi connectivity index (χ1) is 6.79. The third-order valence-electron chi connectivity index (χ3n) is 1.89. The highest BCUT2D eigenvalue weighted by atomic mass is 16.5. The van der Waals surface area contributed by atoms with Crippen LogP contribution in [-0.4, -0.2) is 21.1 Å². The van der Waals surface area contributed by atoms with Gasteiger partial charge in [0.15, 0.2) is 0 Å². The normalized spacial score (nSPS) is 10.4. The van der Waals surface area contributed by atoms with Crippen LogP contribution in [0.4, 0.5) is 0 Å². The van der Waals surface area contributed by atoms with E-state index >= 15 is 0 Å². The van der Waals surface area contributed by atoms with Gasteiger partial charge in [0.25, 0.3) is 5.91 Å². The van der Waals surface area contributed by atoms with Gasteiger partial charge in [-0.15, -0.1) is 0 Å². The second-order valence-corrected chi connectivity index (χ2v) is 2.91. The molecule has 0 fully saturated rings. The fourth-order valence-electron chi connectivity index (χ4n) is 1.28. The molecule has 0 saturated heterocycles. The SMILES string of the molecule is O=C(Cc1nc2ccccc2[nH]1)NO. The molecule has 1 amide bonds. The summed E-state index contributed by atoms with van der Waals surface area (Å²) in [5, 5.41) is 8.33. The largest absolute Gasteiger partial charge is 0.342 e. The maximum atomic E-state index is 10.8. The van der Waals surface area contributed by atoms with Crippen LogP contribution in [0.5, 0.6) is 0 Å². The Hall–Kier alpha value is -1.88. The van der Waals surface area contributed by atoms with Crippen LogP contribution < -0.4 is 5.48 Å². The Morgan fingerprint density at radius 1 is 1.50 bits per heavy atom. The van der Waals surface area contributed by atoms with Crippen molar-refractivity contribution in [2.45, 2.75) is 6.42 Å². The van der Waals surface area contributed by atoms with Gasteiger partial charge in [0.1, 0.15) is 5.82 Å². The first-order valence-corrected chi connectivity index (χ1v) is 4.16. The topological polar surface area (TPSA) is 78.0 Å². The van der Waals surface area contributed by atoms with Crippen molar-refractivity contribution in [1.82, 2.24) is 15.4 Å². The Morgan fingerprint density at radius 2 is 2.29 bits per heavy atom. The number of H-pyrrole nitrogens is 1. The molecular weight excluding hydrogens is 182 g/mol. The number of para-hydroxylation sites is 2. The number of hydrogen-bond donors (Lipinski definition) is 3. The number of rotatable bonds is 2. The van der Waals surface area contributed by atoms with Crippen LogP contribution >= 0.6 is 0 Å². The van der Waals surface area contributed by atoms with Gasteiger partial charge in [0.2, 0.25) is 0 Å². The summed E-state index contributed by atoms with van der Waals surface area (Å²) in [6.45, 7) is 0. The van der Waals surface area contributed by atoms with Gasteiger partial charge >= 0.3 is 0 Å². The molecule has 1 aromatic heterocycles. The highest BCUT2D eigenvalue weighted by Gasteiger charge is 2.06. The van der Waals surface area contributed by atoms with Gasteiger partial charge in [-0.2, -0.15) is 0 Å². The fourth-order valence-corrected chi connectivity index (χ4v) is 1.28. The van der Waals surface area contributed by atoms with Crippen molar-refractivity contribution >= 4 is 16.9 Å². The van der Waals surface area contributed by atoms with Crippen LogP contribution in [0.3, 0.4) is 0 Å². The minimum absolute atomic E-state index is 0.0468. The molecule has 2 rings (SSSR count). The Kier molecular flexibility index (Phi) is 2.16. The molecule has 0 radical (unpaired) electrons. The van der Waals surface area contributed by atoms with Gasteiger partial charge in [-0.3, -0.25) is 10.0 Å². The third-order valence-corrected chi connectivity index (χ3v) is 1.89. The van der Waals surface area contributed by atoms with E-state index in [4.69, 9.17) is 5.21 Å². The van der Waals surface area contributed by atoms with E-state index in [0.717, 1.165) is 11.0 Å². The molecule has 0 spiro atoms.